The van der Waals surface area contributed by atoms with E-state index in [1.54, 1.807) is 10.7 Å². The molecule has 0 aliphatic carbocycles. The molecule has 0 saturated heterocycles. The van der Waals surface area contributed by atoms with Gasteiger partial charge in [0.15, 0.2) is 5.82 Å². The van der Waals surface area contributed by atoms with Crippen LogP contribution >= 0.6 is 0 Å². The molecule has 0 amide bonds. The molecule has 1 aliphatic heterocycles. The van der Waals surface area contributed by atoms with Crippen LogP contribution in [0.2, 0.25) is 0 Å². The largest absolute Gasteiger partial charge is 0.369 e. The molecule has 2 N–H and O–H groups in total. The van der Waals surface area contributed by atoms with Gasteiger partial charge >= 0.3 is 0 Å². The molecule has 1 aliphatic rings. The van der Waals surface area contributed by atoms with E-state index in [1.807, 2.05) is 6.07 Å². The quantitative estimate of drug-likeness (QED) is 0.787. The second kappa shape index (κ2) is 3.54. The van der Waals surface area contributed by atoms with Gasteiger partial charge in [0.2, 0.25) is 0 Å². The van der Waals surface area contributed by atoms with Crippen molar-refractivity contribution in [1.82, 2.24) is 9.78 Å². The predicted octanol–water partition coefficient (Wildman–Crippen LogP) is 1.21. The van der Waals surface area contributed by atoms with Crippen LogP contribution in [0.5, 0.6) is 0 Å². The number of fused-ring (bicyclic) bond motifs is 3. The fourth-order valence-electron chi connectivity index (χ4n) is 2.19. The summed E-state index contributed by atoms with van der Waals surface area (Å²) in [4.78, 5) is 0. The van der Waals surface area contributed by atoms with Crippen LogP contribution in [0.3, 0.4) is 0 Å². The van der Waals surface area contributed by atoms with Crippen LogP contribution in [0.15, 0.2) is 18.2 Å². The molecule has 5 heteroatoms. The van der Waals surface area contributed by atoms with Crippen molar-refractivity contribution in [2.24, 2.45) is 5.73 Å². The maximum Gasteiger partial charge on any atom is 0.151 e. The van der Waals surface area contributed by atoms with Crippen molar-refractivity contribution in [3.8, 4) is 0 Å². The van der Waals surface area contributed by atoms with Crippen molar-refractivity contribution in [3.63, 3.8) is 0 Å². The highest BCUT2D eigenvalue weighted by Gasteiger charge is 2.25. The van der Waals surface area contributed by atoms with Crippen LogP contribution in [0.25, 0.3) is 10.9 Å². The molecule has 0 fully saturated rings. The van der Waals surface area contributed by atoms with E-state index in [0.29, 0.717) is 25.2 Å². The summed E-state index contributed by atoms with van der Waals surface area (Å²) in [6.07, 6.45) is -0.180. The van der Waals surface area contributed by atoms with Crippen LogP contribution in [-0.2, 0) is 11.3 Å². The monoisotopic (exact) mass is 221 g/mol. The third kappa shape index (κ3) is 1.25. The molecule has 3 rings (SSSR count). The summed E-state index contributed by atoms with van der Waals surface area (Å²) in [6, 6.07) is 4.95. The molecule has 0 radical (unpaired) electrons. The fourth-order valence-corrected chi connectivity index (χ4v) is 2.19. The summed E-state index contributed by atoms with van der Waals surface area (Å²) in [7, 11) is 0. The van der Waals surface area contributed by atoms with Gasteiger partial charge in [-0.15, -0.1) is 0 Å². The average molecular weight is 221 g/mol. The number of hydrogen-bond acceptors (Lipinski definition) is 3. The number of ether oxygens (including phenoxy) is 1. The molecule has 1 atom stereocenters. The van der Waals surface area contributed by atoms with E-state index < -0.39 is 0 Å². The Kier molecular flexibility index (Phi) is 2.15. The summed E-state index contributed by atoms with van der Waals surface area (Å²) >= 11 is 0. The molecule has 1 aromatic heterocycles. The lowest BCUT2D eigenvalue weighted by atomic mass is 10.1. The predicted molar refractivity (Wildman–Crippen MR) is 57.4 cm³/mol. The third-order valence-electron chi connectivity index (χ3n) is 2.90. The van der Waals surface area contributed by atoms with E-state index in [1.165, 1.54) is 6.07 Å². The Hall–Kier alpha value is -1.46. The minimum atomic E-state index is -0.296. The van der Waals surface area contributed by atoms with Crippen molar-refractivity contribution in [1.29, 1.82) is 0 Å². The number of nitrogens with zero attached hydrogens (tertiary/aromatic N) is 2. The van der Waals surface area contributed by atoms with Crippen molar-refractivity contribution in [2.75, 3.05) is 13.2 Å². The van der Waals surface area contributed by atoms with Gasteiger partial charge in [-0.3, -0.25) is 4.68 Å². The number of aromatic nitrogens is 2. The third-order valence-corrected chi connectivity index (χ3v) is 2.90. The molecule has 0 saturated carbocycles. The fraction of sp³-hybridized carbons (Fsp3) is 0.364. The molecule has 0 unspecified atom stereocenters. The first-order chi connectivity index (χ1) is 7.81. The Morgan fingerprint density at radius 2 is 2.44 bits per heavy atom. The van der Waals surface area contributed by atoms with E-state index in [2.05, 4.69) is 5.10 Å². The van der Waals surface area contributed by atoms with Gasteiger partial charge in [-0.25, -0.2) is 4.39 Å². The van der Waals surface area contributed by atoms with Crippen molar-refractivity contribution in [3.05, 3.63) is 29.7 Å². The van der Waals surface area contributed by atoms with Gasteiger partial charge in [-0.05, 0) is 6.07 Å². The minimum Gasteiger partial charge on any atom is -0.369 e. The Morgan fingerprint density at radius 1 is 1.56 bits per heavy atom. The van der Waals surface area contributed by atoms with Crippen LogP contribution < -0.4 is 5.73 Å². The van der Waals surface area contributed by atoms with Gasteiger partial charge in [-0.1, -0.05) is 12.1 Å². The number of nitrogens with two attached hydrogens (primary N) is 1. The Bertz CT molecular complexity index is 537. The zero-order chi connectivity index (χ0) is 11.1. The second-order valence-electron chi connectivity index (χ2n) is 3.84. The first-order valence-corrected chi connectivity index (χ1v) is 5.28. The van der Waals surface area contributed by atoms with E-state index in [-0.39, 0.29) is 11.9 Å². The minimum absolute atomic E-state index is 0.180. The number of rotatable bonds is 1. The molecule has 2 heterocycles. The molecule has 4 nitrogen and oxygen atoms in total. The van der Waals surface area contributed by atoms with Gasteiger partial charge in [-0.2, -0.15) is 5.10 Å². The second-order valence-corrected chi connectivity index (χ2v) is 3.84. The standard InChI is InChI=1S/C11H12FN3O/c12-8-3-1-2-7-10(8)14-15-4-5-16-9(6-13)11(7)15/h1-3,9H,4-6,13H2/t9-/m0/s1. The number of halogens is 1. The Morgan fingerprint density at radius 3 is 3.25 bits per heavy atom. The zero-order valence-corrected chi connectivity index (χ0v) is 8.69. The first-order valence-electron chi connectivity index (χ1n) is 5.28. The molecule has 84 valence electrons. The van der Waals surface area contributed by atoms with Crippen LogP contribution in [0.1, 0.15) is 11.8 Å². The molecule has 0 bridgehead atoms. The smallest absolute Gasteiger partial charge is 0.151 e. The van der Waals surface area contributed by atoms with E-state index in [4.69, 9.17) is 10.5 Å². The molecule has 16 heavy (non-hydrogen) atoms. The lowest BCUT2D eigenvalue weighted by Crippen LogP contribution is -2.27. The topological polar surface area (TPSA) is 53.1 Å². The number of hydrogen-bond donors (Lipinski definition) is 1. The molecular weight excluding hydrogens is 209 g/mol. The van der Waals surface area contributed by atoms with E-state index in [0.717, 1.165) is 11.1 Å². The van der Waals surface area contributed by atoms with Crippen molar-refractivity contribution < 1.29 is 9.13 Å². The SMILES string of the molecule is NC[C@@H]1OCCn2nc3c(F)cccc3c21. The van der Waals surface area contributed by atoms with Gasteiger partial charge in [0.05, 0.1) is 18.8 Å². The first kappa shape index (κ1) is 9.74. The highest BCUT2D eigenvalue weighted by atomic mass is 19.1. The lowest BCUT2D eigenvalue weighted by molar-refractivity contribution is 0.0236. The zero-order valence-electron chi connectivity index (χ0n) is 8.69. The van der Waals surface area contributed by atoms with Crippen molar-refractivity contribution in [2.45, 2.75) is 12.6 Å². The maximum atomic E-state index is 13.6. The summed E-state index contributed by atoms with van der Waals surface area (Å²) in [5.74, 6) is -0.296. The van der Waals surface area contributed by atoms with Crippen molar-refractivity contribution >= 4 is 10.9 Å². The molecular formula is C11H12FN3O. The summed E-state index contributed by atoms with van der Waals surface area (Å²) < 4.78 is 20.9. The average Bonchev–Trinajstić information content (AvgIpc) is 2.69. The summed E-state index contributed by atoms with van der Waals surface area (Å²) in [5.41, 5.74) is 6.94. The lowest BCUT2D eigenvalue weighted by Gasteiger charge is -2.23. The highest BCUT2D eigenvalue weighted by molar-refractivity contribution is 5.82. The van der Waals surface area contributed by atoms with Crippen LogP contribution in [-0.4, -0.2) is 22.9 Å². The van der Waals surface area contributed by atoms with Crippen LogP contribution in [0.4, 0.5) is 4.39 Å². The number of benzene rings is 1. The molecule has 1 aromatic carbocycles. The summed E-state index contributed by atoms with van der Waals surface area (Å²) in [5, 5.41) is 5.06. The normalized spacial score (nSPS) is 20.0. The Balaban J connectivity index is 2.30. The van der Waals surface area contributed by atoms with Gasteiger partial charge in [0.1, 0.15) is 11.6 Å². The molecule has 2 aromatic rings. The van der Waals surface area contributed by atoms with Gasteiger partial charge in [0.25, 0.3) is 0 Å². The van der Waals surface area contributed by atoms with Gasteiger partial charge < -0.3 is 10.5 Å². The Labute approximate surface area is 91.8 Å². The highest BCUT2D eigenvalue weighted by Crippen LogP contribution is 2.29. The summed E-state index contributed by atoms with van der Waals surface area (Å²) in [6.45, 7) is 1.61. The van der Waals surface area contributed by atoms with E-state index in [9.17, 15) is 4.39 Å². The maximum absolute atomic E-state index is 13.6. The van der Waals surface area contributed by atoms with Gasteiger partial charge in [0, 0.05) is 11.9 Å². The van der Waals surface area contributed by atoms with Crippen LogP contribution in [0, 0.1) is 5.82 Å². The van der Waals surface area contributed by atoms with E-state index >= 15 is 0 Å². The molecule has 0 spiro atoms.